The first-order valence-corrected chi connectivity index (χ1v) is 5.79. The summed E-state index contributed by atoms with van der Waals surface area (Å²) < 4.78 is 5.82. The molecule has 8 heteroatoms. The van der Waals surface area contributed by atoms with Gasteiger partial charge in [-0.3, -0.25) is 0 Å². The Morgan fingerprint density at radius 3 is 2.87 bits per heavy atom. The minimum Gasteiger partial charge on any atom is -0.416 e. The first kappa shape index (κ1) is 10.8. The number of halogens is 2. The van der Waals surface area contributed by atoms with Gasteiger partial charge in [0, 0.05) is 6.92 Å². The van der Waals surface area contributed by atoms with Crippen molar-refractivity contribution in [2.75, 3.05) is 0 Å². The van der Waals surface area contributed by atoms with E-state index in [2.05, 4.69) is 36.1 Å². The quantitative estimate of drug-likeness (QED) is 0.795. The van der Waals surface area contributed by atoms with Crippen LogP contribution in [-0.2, 0) is 0 Å². The fourth-order valence-corrected chi connectivity index (χ4v) is 2.14. The molecule has 2 heterocycles. The highest BCUT2D eigenvalue weighted by Crippen LogP contribution is 2.33. The Balaban J connectivity index is 2.28. The molecule has 0 saturated heterocycles. The summed E-state index contributed by atoms with van der Waals surface area (Å²) in [5.74, 6) is 0.508. The lowest BCUT2D eigenvalue weighted by atomic mass is 10.7. The molecular formula is C7H4BrClN4OS. The number of hydrogen-bond donors (Lipinski definition) is 0. The van der Waals surface area contributed by atoms with Gasteiger partial charge in [0.15, 0.2) is 0 Å². The highest BCUT2D eigenvalue weighted by atomic mass is 79.9. The standard InChI is InChI=1S/C7H4BrClN4OS/c1-3-12-13-7(14-3)15-6-4(8)5(9)10-2-11-6/h2H,1H3. The van der Waals surface area contributed by atoms with Crippen molar-refractivity contribution in [3.8, 4) is 0 Å². The fourth-order valence-electron chi connectivity index (χ4n) is 0.807. The van der Waals surface area contributed by atoms with Crippen LogP contribution in [0.15, 0.2) is 25.5 Å². The van der Waals surface area contributed by atoms with Crippen molar-refractivity contribution in [2.45, 2.75) is 17.2 Å². The lowest BCUT2D eigenvalue weighted by Gasteiger charge is -1.99. The van der Waals surface area contributed by atoms with Crippen LogP contribution in [-0.4, -0.2) is 20.2 Å². The predicted octanol–water partition coefficient (Wildman–Crippen LogP) is 2.74. The molecule has 78 valence electrons. The van der Waals surface area contributed by atoms with E-state index < -0.39 is 0 Å². The van der Waals surface area contributed by atoms with Gasteiger partial charge in [0.25, 0.3) is 5.22 Å². The number of nitrogens with zero attached hydrogens (tertiary/aromatic N) is 4. The van der Waals surface area contributed by atoms with Crippen LogP contribution in [0.5, 0.6) is 0 Å². The summed E-state index contributed by atoms with van der Waals surface area (Å²) in [6.07, 6.45) is 1.37. The van der Waals surface area contributed by atoms with Gasteiger partial charge in [0.1, 0.15) is 16.5 Å². The van der Waals surface area contributed by atoms with E-state index >= 15 is 0 Å². The van der Waals surface area contributed by atoms with Crippen LogP contribution in [0.25, 0.3) is 0 Å². The first-order chi connectivity index (χ1) is 7.16. The second-order valence-corrected chi connectivity index (χ2v) is 4.56. The highest BCUT2D eigenvalue weighted by Gasteiger charge is 2.12. The minimum atomic E-state index is 0.351. The maximum absolute atomic E-state index is 5.81. The van der Waals surface area contributed by atoms with E-state index in [0.29, 0.717) is 25.8 Å². The second-order valence-electron chi connectivity index (χ2n) is 2.47. The molecule has 0 saturated carbocycles. The van der Waals surface area contributed by atoms with Gasteiger partial charge in [0.05, 0.1) is 4.47 Å². The molecule has 0 aliphatic carbocycles. The van der Waals surface area contributed by atoms with Crippen LogP contribution < -0.4 is 0 Å². The number of rotatable bonds is 2. The predicted molar refractivity (Wildman–Crippen MR) is 57.9 cm³/mol. The molecule has 2 rings (SSSR count). The number of aryl methyl sites for hydroxylation is 1. The van der Waals surface area contributed by atoms with Gasteiger partial charge in [0.2, 0.25) is 5.89 Å². The summed E-state index contributed by atoms with van der Waals surface area (Å²) in [7, 11) is 0. The van der Waals surface area contributed by atoms with Gasteiger partial charge in [-0.25, -0.2) is 9.97 Å². The average molecular weight is 308 g/mol. The van der Waals surface area contributed by atoms with Crippen molar-refractivity contribution in [1.82, 2.24) is 20.2 Å². The smallest absolute Gasteiger partial charge is 0.282 e. The van der Waals surface area contributed by atoms with E-state index in [4.69, 9.17) is 16.0 Å². The Morgan fingerprint density at radius 1 is 1.40 bits per heavy atom. The maximum Gasteiger partial charge on any atom is 0.282 e. The number of aromatic nitrogens is 4. The molecule has 0 radical (unpaired) electrons. The molecule has 2 aromatic heterocycles. The van der Waals surface area contributed by atoms with Gasteiger partial charge in [-0.15, -0.1) is 10.2 Å². The van der Waals surface area contributed by atoms with E-state index in [1.807, 2.05) is 0 Å². The van der Waals surface area contributed by atoms with Gasteiger partial charge < -0.3 is 4.42 Å². The monoisotopic (exact) mass is 306 g/mol. The lowest BCUT2D eigenvalue weighted by molar-refractivity contribution is 0.429. The zero-order chi connectivity index (χ0) is 10.8. The molecule has 2 aromatic rings. The Kier molecular flexibility index (Phi) is 3.22. The van der Waals surface area contributed by atoms with Gasteiger partial charge in [-0.05, 0) is 27.7 Å². The van der Waals surface area contributed by atoms with Crippen molar-refractivity contribution < 1.29 is 4.42 Å². The van der Waals surface area contributed by atoms with E-state index in [1.165, 1.54) is 18.1 Å². The van der Waals surface area contributed by atoms with E-state index in [0.717, 1.165) is 0 Å². The third-order valence-electron chi connectivity index (χ3n) is 1.41. The molecule has 0 amide bonds. The molecule has 0 fully saturated rings. The van der Waals surface area contributed by atoms with E-state index in [9.17, 15) is 0 Å². The summed E-state index contributed by atoms with van der Waals surface area (Å²) in [6.45, 7) is 1.72. The van der Waals surface area contributed by atoms with Crippen molar-refractivity contribution >= 4 is 39.3 Å². The van der Waals surface area contributed by atoms with Crippen LogP contribution in [0.2, 0.25) is 5.15 Å². The Labute approximate surface area is 103 Å². The Morgan fingerprint density at radius 2 is 2.20 bits per heavy atom. The third-order valence-corrected chi connectivity index (χ3v) is 3.78. The third kappa shape index (κ3) is 2.47. The molecule has 0 N–H and O–H groups in total. The summed E-state index contributed by atoms with van der Waals surface area (Å²) in [4.78, 5) is 7.85. The Hall–Kier alpha value is -0.660. The molecule has 5 nitrogen and oxygen atoms in total. The van der Waals surface area contributed by atoms with E-state index in [1.54, 1.807) is 6.92 Å². The first-order valence-electron chi connectivity index (χ1n) is 3.81. The molecule has 0 aliphatic heterocycles. The van der Waals surface area contributed by atoms with Crippen molar-refractivity contribution in [3.63, 3.8) is 0 Å². The normalized spacial score (nSPS) is 10.6. The summed E-state index contributed by atoms with van der Waals surface area (Å²) in [6, 6.07) is 0. The topological polar surface area (TPSA) is 64.7 Å². The van der Waals surface area contributed by atoms with Gasteiger partial charge >= 0.3 is 0 Å². The SMILES string of the molecule is Cc1nnc(Sc2ncnc(Cl)c2Br)o1. The number of hydrogen-bond acceptors (Lipinski definition) is 6. The average Bonchev–Trinajstić information content (AvgIpc) is 2.59. The lowest BCUT2D eigenvalue weighted by Crippen LogP contribution is -1.86. The zero-order valence-electron chi connectivity index (χ0n) is 7.44. The van der Waals surface area contributed by atoms with Crippen LogP contribution >= 0.6 is 39.3 Å². The maximum atomic E-state index is 5.81. The van der Waals surface area contributed by atoms with Crippen LogP contribution in [0.3, 0.4) is 0 Å². The second kappa shape index (κ2) is 4.46. The summed E-state index contributed by atoms with van der Waals surface area (Å²) in [5, 5.41) is 8.95. The van der Waals surface area contributed by atoms with Crippen molar-refractivity contribution in [1.29, 1.82) is 0 Å². The van der Waals surface area contributed by atoms with Crippen molar-refractivity contribution in [2.24, 2.45) is 0 Å². The highest BCUT2D eigenvalue weighted by molar-refractivity contribution is 9.10. The molecule has 0 aromatic carbocycles. The molecule has 0 atom stereocenters. The van der Waals surface area contributed by atoms with Crippen molar-refractivity contribution in [3.05, 3.63) is 21.8 Å². The molecule has 0 spiro atoms. The molecule has 0 unspecified atom stereocenters. The zero-order valence-corrected chi connectivity index (χ0v) is 10.6. The van der Waals surface area contributed by atoms with E-state index in [-0.39, 0.29) is 0 Å². The van der Waals surface area contributed by atoms with Crippen LogP contribution in [0.1, 0.15) is 5.89 Å². The molecular weight excluding hydrogens is 304 g/mol. The molecule has 0 bridgehead atoms. The molecule has 15 heavy (non-hydrogen) atoms. The molecule has 0 aliphatic rings. The summed E-state index contributed by atoms with van der Waals surface area (Å²) >= 11 is 10.3. The van der Waals surface area contributed by atoms with Crippen LogP contribution in [0, 0.1) is 6.92 Å². The van der Waals surface area contributed by atoms with Gasteiger partial charge in [-0.1, -0.05) is 11.6 Å². The largest absolute Gasteiger partial charge is 0.416 e. The minimum absolute atomic E-state index is 0.351. The Bertz CT molecular complexity index is 492. The van der Waals surface area contributed by atoms with Gasteiger partial charge in [-0.2, -0.15) is 0 Å². The fraction of sp³-hybridized carbons (Fsp3) is 0.143. The summed E-state index contributed by atoms with van der Waals surface area (Å²) in [5.41, 5.74) is 0. The van der Waals surface area contributed by atoms with Crippen LogP contribution in [0.4, 0.5) is 0 Å².